The molecular formula is C11H14N4O6. The Labute approximate surface area is 118 Å². The zero-order chi connectivity index (χ0) is 16.0. The third kappa shape index (κ3) is 4.93. The van der Waals surface area contributed by atoms with Crippen LogP contribution in [0.3, 0.4) is 0 Å². The van der Waals surface area contributed by atoms with Crippen LogP contribution in [0.4, 0.5) is 0 Å². The SMILES string of the molecule is Cn1c(=O)ccn(CC(=O)NCC(=O)NCC(=O)O)c1=O. The average molecular weight is 298 g/mol. The molecular weight excluding hydrogens is 284 g/mol. The van der Waals surface area contributed by atoms with Crippen LogP contribution in [0.1, 0.15) is 0 Å². The minimum Gasteiger partial charge on any atom is -0.480 e. The minimum absolute atomic E-state index is 0.362. The van der Waals surface area contributed by atoms with Gasteiger partial charge in [-0.2, -0.15) is 0 Å². The molecule has 0 aliphatic heterocycles. The monoisotopic (exact) mass is 298 g/mol. The molecule has 0 radical (unpaired) electrons. The second kappa shape index (κ2) is 7.03. The second-order valence-electron chi connectivity index (χ2n) is 4.07. The molecule has 0 saturated heterocycles. The van der Waals surface area contributed by atoms with Gasteiger partial charge in [-0.05, 0) is 0 Å². The summed E-state index contributed by atoms with van der Waals surface area (Å²) in [7, 11) is 1.28. The Morgan fingerprint density at radius 2 is 1.76 bits per heavy atom. The Morgan fingerprint density at radius 1 is 1.14 bits per heavy atom. The van der Waals surface area contributed by atoms with Crippen molar-refractivity contribution >= 4 is 17.8 Å². The topological polar surface area (TPSA) is 140 Å². The van der Waals surface area contributed by atoms with E-state index in [0.29, 0.717) is 0 Å². The molecule has 3 N–H and O–H groups in total. The lowest BCUT2D eigenvalue weighted by Crippen LogP contribution is -2.43. The molecule has 0 aliphatic carbocycles. The number of carbonyl (C=O) groups is 3. The molecule has 21 heavy (non-hydrogen) atoms. The van der Waals surface area contributed by atoms with E-state index in [4.69, 9.17) is 5.11 Å². The van der Waals surface area contributed by atoms with Crippen molar-refractivity contribution < 1.29 is 19.5 Å². The number of aromatic nitrogens is 2. The van der Waals surface area contributed by atoms with Gasteiger partial charge in [0.1, 0.15) is 13.1 Å². The molecule has 0 atom stereocenters. The van der Waals surface area contributed by atoms with E-state index in [1.807, 2.05) is 0 Å². The van der Waals surface area contributed by atoms with E-state index < -0.39 is 42.1 Å². The van der Waals surface area contributed by atoms with Crippen LogP contribution in [0.5, 0.6) is 0 Å². The van der Waals surface area contributed by atoms with Crippen LogP contribution < -0.4 is 21.9 Å². The Kier molecular flexibility index (Phi) is 5.40. The van der Waals surface area contributed by atoms with Crippen molar-refractivity contribution in [1.82, 2.24) is 19.8 Å². The fourth-order valence-corrected chi connectivity index (χ4v) is 1.36. The smallest absolute Gasteiger partial charge is 0.331 e. The number of carboxylic acid groups (broad SMARTS) is 1. The number of hydrogen-bond acceptors (Lipinski definition) is 5. The summed E-state index contributed by atoms with van der Waals surface area (Å²) < 4.78 is 1.85. The van der Waals surface area contributed by atoms with Crippen molar-refractivity contribution in [2.45, 2.75) is 6.54 Å². The summed E-state index contributed by atoms with van der Waals surface area (Å²) in [5.41, 5.74) is -1.15. The van der Waals surface area contributed by atoms with Crippen LogP contribution in [0.15, 0.2) is 21.9 Å². The van der Waals surface area contributed by atoms with E-state index in [1.165, 1.54) is 13.2 Å². The van der Waals surface area contributed by atoms with E-state index >= 15 is 0 Å². The number of carbonyl (C=O) groups excluding carboxylic acids is 2. The van der Waals surface area contributed by atoms with Gasteiger partial charge in [0.15, 0.2) is 0 Å². The standard InChI is InChI=1S/C11H14N4O6/c1-14-9(18)2-3-15(11(14)21)6-8(17)12-4-7(16)13-5-10(19)20/h2-3H,4-6H2,1H3,(H,12,17)(H,13,16)(H,19,20). The fraction of sp³-hybridized carbons (Fsp3) is 0.364. The van der Waals surface area contributed by atoms with Crippen molar-refractivity contribution in [1.29, 1.82) is 0 Å². The molecule has 0 aromatic carbocycles. The van der Waals surface area contributed by atoms with Crippen molar-refractivity contribution in [2.75, 3.05) is 13.1 Å². The van der Waals surface area contributed by atoms with Gasteiger partial charge in [-0.15, -0.1) is 0 Å². The van der Waals surface area contributed by atoms with Crippen LogP contribution in [-0.2, 0) is 28.0 Å². The quantitative estimate of drug-likeness (QED) is 0.507. The highest BCUT2D eigenvalue weighted by atomic mass is 16.4. The van der Waals surface area contributed by atoms with Gasteiger partial charge >= 0.3 is 11.7 Å². The predicted molar refractivity (Wildman–Crippen MR) is 69.6 cm³/mol. The van der Waals surface area contributed by atoms with E-state index in [0.717, 1.165) is 15.2 Å². The number of nitrogens with zero attached hydrogens (tertiary/aromatic N) is 2. The molecule has 114 valence electrons. The van der Waals surface area contributed by atoms with Crippen LogP contribution in [0.2, 0.25) is 0 Å². The maximum atomic E-state index is 11.6. The number of amides is 2. The lowest BCUT2D eigenvalue weighted by Gasteiger charge is -2.08. The van der Waals surface area contributed by atoms with Gasteiger partial charge in [-0.3, -0.25) is 28.3 Å². The summed E-state index contributed by atoms with van der Waals surface area (Å²) in [6.07, 6.45) is 1.18. The van der Waals surface area contributed by atoms with Gasteiger partial charge in [0.05, 0.1) is 6.54 Å². The molecule has 1 aromatic rings. The molecule has 2 amide bonds. The van der Waals surface area contributed by atoms with Crippen LogP contribution in [0.25, 0.3) is 0 Å². The van der Waals surface area contributed by atoms with Crippen molar-refractivity contribution in [2.24, 2.45) is 7.05 Å². The number of carboxylic acids is 1. The van der Waals surface area contributed by atoms with Crippen LogP contribution in [-0.4, -0.2) is 45.1 Å². The van der Waals surface area contributed by atoms with Gasteiger partial charge in [0.25, 0.3) is 5.56 Å². The Bertz CT molecular complexity index is 674. The van der Waals surface area contributed by atoms with Gasteiger partial charge in [-0.1, -0.05) is 0 Å². The van der Waals surface area contributed by atoms with Crippen LogP contribution in [0, 0.1) is 0 Å². The highest BCUT2D eigenvalue weighted by Gasteiger charge is 2.09. The lowest BCUT2D eigenvalue weighted by atomic mass is 10.5. The first-order valence-electron chi connectivity index (χ1n) is 5.83. The maximum Gasteiger partial charge on any atom is 0.331 e. The molecule has 0 bridgehead atoms. The summed E-state index contributed by atoms with van der Waals surface area (Å²) in [6.45, 7) is -1.32. The van der Waals surface area contributed by atoms with E-state index in [-0.39, 0.29) is 6.54 Å². The van der Waals surface area contributed by atoms with Crippen LogP contribution >= 0.6 is 0 Å². The van der Waals surface area contributed by atoms with E-state index in [2.05, 4.69) is 10.6 Å². The molecule has 0 fully saturated rings. The van der Waals surface area contributed by atoms with Gasteiger partial charge in [0.2, 0.25) is 11.8 Å². The zero-order valence-electron chi connectivity index (χ0n) is 11.2. The normalized spacial score (nSPS) is 9.95. The van der Waals surface area contributed by atoms with E-state index in [1.54, 1.807) is 0 Å². The molecule has 10 nitrogen and oxygen atoms in total. The van der Waals surface area contributed by atoms with Crippen molar-refractivity contribution in [3.05, 3.63) is 33.1 Å². The number of rotatable bonds is 6. The van der Waals surface area contributed by atoms with Gasteiger partial charge in [0, 0.05) is 19.3 Å². The zero-order valence-corrected chi connectivity index (χ0v) is 11.2. The summed E-state index contributed by atoms with van der Waals surface area (Å²) >= 11 is 0. The molecule has 0 spiro atoms. The van der Waals surface area contributed by atoms with E-state index in [9.17, 15) is 24.0 Å². The molecule has 0 aliphatic rings. The molecule has 0 unspecified atom stereocenters. The number of hydrogen-bond donors (Lipinski definition) is 3. The first-order valence-corrected chi connectivity index (χ1v) is 5.83. The highest BCUT2D eigenvalue weighted by molar-refractivity contribution is 5.86. The lowest BCUT2D eigenvalue weighted by molar-refractivity contribution is -0.137. The predicted octanol–water partition coefficient (Wildman–Crippen LogP) is -3.14. The largest absolute Gasteiger partial charge is 0.480 e. The third-order valence-corrected chi connectivity index (χ3v) is 2.46. The summed E-state index contributed by atoms with van der Waals surface area (Å²) in [5, 5.41) is 12.6. The van der Waals surface area contributed by atoms with Crippen molar-refractivity contribution in [3.8, 4) is 0 Å². The molecule has 1 aromatic heterocycles. The maximum absolute atomic E-state index is 11.6. The minimum atomic E-state index is -1.20. The summed E-state index contributed by atoms with van der Waals surface area (Å²) in [6, 6.07) is 1.13. The first-order chi connectivity index (χ1) is 9.81. The number of nitrogens with one attached hydrogen (secondary N) is 2. The first kappa shape index (κ1) is 16.1. The van der Waals surface area contributed by atoms with Crippen molar-refractivity contribution in [3.63, 3.8) is 0 Å². The Morgan fingerprint density at radius 3 is 2.38 bits per heavy atom. The molecule has 1 rings (SSSR count). The average Bonchev–Trinajstić information content (AvgIpc) is 2.43. The van der Waals surface area contributed by atoms with Gasteiger partial charge < -0.3 is 15.7 Å². The molecule has 0 saturated carbocycles. The Hall–Kier alpha value is -2.91. The Balaban J connectivity index is 2.53. The fourth-order valence-electron chi connectivity index (χ4n) is 1.36. The highest BCUT2D eigenvalue weighted by Crippen LogP contribution is 1.79. The summed E-state index contributed by atoms with van der Waals surface area (Å²) in [5.74, 6) is -2.49. The molecule has 1 heterocycles. The second-order valence-corrected chi connectivity index (χ2v) is 4.07. The third-order valence-electron chi connectivity index (χ3n) is 2.46. The van der Waals surface area contributed by atoms with Gasteiger partial charge in [-0.25, -0.2) is 4.79 Å². The summed E-state index contributed by atoms with van der Waals surface area (Å²) in [4.78, 5) is 55.7. The number of aliphatic carboxylic acids is 1. The molecule has 10 heteroatoms.